The van der Waals surface area contributed by atoms with Crippen LogP contribution in [0.5, 0.6) is 0 Å². The van der Waals surface area contributed by atoms with Crippen LogP contribution < -0.4 is 11.1 Å². The van der Waals surface area contributed by atoms with Crippen molar-refractivity contribution in [1.82, 2.24) is 9.62 Å². The molecule has 9 nitrogen and oxygen atoms in total. The molecule has 234 valence electrons. The van der Waals surface area contributed by atoms with Gasteiger partial charge in [-0.2, -0.15) is 4.31 Å². The van der Waals surface area contributed by atoms with Crippen molar-refractivity contribution in [3.05, 3.63) is 138 Å². The summed E-state index contributed by atoms with van der Waals surface area (Å²) in [4.78, 5) is 41.4. The van der Waals surface area contributed by atoms with E-state index in [4.69, 9.17) is 5.73 Å². The van der Waals surface area contributed by atoms with Crippen LogP contribution in [0.2, 0.25) is 0 Å². The minimum absolute atomic E-state index is 0.0916. The standard InChI is InChI=1S/C35H37N3O6S/c1-25-18-20-29(21-19-25)45(43,44)38(2)35(34(41)42,24-28-16-10-5-11-17-28)32(39)31(23-27-14-8-4-9-15-27)37-33(40)30(36)22-26-12-6-3-7-13-26/h3-21,30-31H,22-24,36H2,1-2H3,(H,37,40)(H,41,42)/t30-,31-,35+/m0/s1. The molecule has 0 aliphatic heterocycles. The molecule has 10 heteroatoms. The number of aliphatic carboxylic acids is 1. The molecule has 0 spiro atoms. The van der Waals surface area contributed by atoms with E-state index in [2.05, 4.69) is 5.32 Å². The lowest BCUT2D eigenvalue weighted by molar-refractivity contribution is -0.155. The van der Waals surface area contributed by atoms with Gasteiger partial charge in [0.05, 0.1) is 17.0 Å². The van der Waals surface area contributed by atoms with Crippen molar-refractivity contribution in [3.63, 3.8) is 0 Å². The van der Waals surface area contributed by atoms with Crippen LogP contribution in [0.25, 0.3) is 0 Å². The van der Waals surface area contributed by atoms with Gasteiger partial charge in [0.15, 0.2) is 11.3 Å². The molecule has 4 N–H and O–H groups in total. The third kappa shape index (κ3) is 7.72. The molecule has 0 saturated heterocycles. The Labute approximate surface area is 263 Å². The first kappa shape index (κ1) is 33.3. The molecule has 0 aliphatic rings. The average Bonchev–Trinajstić information content (AvgIpc) is 3.04. The van der Waals surface area contributed by atoms with Crippen LogP contribution >= 0.6 is 0 Å². The van der Waals surface area contributed by atoms with Crippen molar-refractivity contribution in [2.75, 3.05) is 7.05 Å². The Kier molecular flexibility index (Phi) is 10.7. The Morgan fingerprint density at radius 1 is 0.778 bits per heavy atom. The molecule has 4 aromatic carbocycles. The van der Waals surface area contributed by atoms with E-state index in [1.807, 2.05) is 30.3 Å². The van der Waals surface area contributed by atoms with Crippen LogP contribution in [0.15, 0.2) is 120 Å². The first-order chi connectivity index (χ1) is 21.4. The van der Waals surface area contributed by atoms with Gasteiger partial charge in [0.25, 0.3) is 0 Å². The minimum atomic E-state index is -4.52. The highest BCUT2D eigenvalue weighted by atomic mass is 32.2. The van der Waals surface area contributed by atoms with E-state index in [1.54, 1.807) is 79.7 Å². The lowest BCUT2D eigenvalue weighted by atomic mass is 9.81. The minimum Gasteiger partial charge on any atom is -0.479 e. The topological polar surface area (TPSA) is 147 Å². The lowest BCUT2D eigenvalue weighted by Gasteiger charge is -2.38. The number of nitrogens with one attached hydrogen (secondary N) is 1. The SMILES string of the molecule is Cc1ccc(S(=O)(=O)N(C)[C@@](Cc2ccccc2)(C(=O)O)C(=O)[C@H](Cc2ccccc2)NC(=O)[C@@H](N)Cc2ccccc2)cc1. The van der Waals surface area contributed by atoms with Crippen molar-refractivity contribution >= 4 is 27.7 Å². The van der Waals surface area contributed by atoms with Crippen molar-refractivity contribution < 1.29 is 27.9 Å². The number of carboxylic acid groups (broad SMARTS) is 1. The van der Waals surface area contributed by atoms with Gasteiger partial charge in [0, 0.05) is 13.5 Å². The highest BCUT2D eigenvalue weighted by Gasteiger charge is 2.56. The van der Waals surface area contributed by atoms with Gasteiger partial charge in [-0.05, 0) is 48.6 Å². The number of nitrogens with zero attached hydrogens (tertiary/aromatic N) is 1. The number of aryl methyl sites for hydroxylation is 1. The summed E-state index contributed by atoms with van der Waals surface area (Å²) in [6.07, 6.45) is -0.402. The quantitative estimate of drug-likeness (QED) is 0.181. The second-order valence-corrected chi connectivity index (χ2v) is 13.0. The molecular formula is C35H37N3O6S. The fourth-order valence-electron chi connectivity index (χ4n) is 5.22. The Balaban J connectivity index is 1.81. The van der Waals surface area contributed by atoms with Crippen molar-refractivity contribution in [2.24, 2.45) is 5.73 Å². The fourth-order valence-corrected chi connectivity index (χ4v) is 6.66. The second kappa shape index (κ2) is 14.4. The van der Waals surface area contributed by atoms with Crippen LogP contribution in [-0.4, -0.2) is 60.2 Å². The first-order valence-corrected chi connectivity index (χ1v) is 15.9. The zero-order valence-corrected chi connectivity index (χ0v) is 26.0. The molecule has 0 unspecified atom stereocenters. The smallest absolute Gasteiger partial charge is 0.333 e. The molecule has 0 radical (unpaired) electrons. The Morgan fingerprint density at radius 3 is 1.73 bits per heavy atom. The molecule has 0 heterocycles. The van der Waals surface area contributed by atoms with Crippen LogP contribution in [0.3, 0.4) is 0 Å². The van der Waals surface area contributed by atoms with Crippen LogP contribution in [-0.2, 0) is 43.7 Å². The molecule has 3 atom stereocenters. The maximum absolute atomic E-state index is 14.8. The van der Waals surface area contributed by atoms with Gasteiger partial charge in [-0.15, -0.1) is 0 Å². The normalized spacial score (nSPS) is 14.2. The van der Waals surface area contributed by atoms with E-state index in [1.165, 1.54) is 12.1 Å². The molecule has 0 saturated carbocycles. The molecule has 0 aliphatic carbocycles. The molecule has 4 aromatic rings. The highest BCUT2D eigenvalue weighted by molar-refractivity contribution is 7.89. The number of carbonyl (C=O) groups excluding carboxylic acids is 2. The van der Waals surface area contributed by atoms with Crippen LogP contribution in [0.1, 0.15) is 22.3 Å². The molecule has 0 aromatic heterocycles. The van der Waals surface area contributed by atoms with Crippen molar-refractivity contribution in [3.8, 4) is 0 Å². The summed E-state index contributed by atoms with van der Waals surface area (Å²) in [5, 5.41) is 13.6. The summed E-state index contributed by atoms with van der Waals surface area (Å²) >= 11 is 0. The Bertz CT molecular complexity index is 1720. The number of rotatable bonds is 14. The number of hydrogen-bond donors (Lipinski definition) is 3. The zero-order valence-electron chi connectivity index (χ0n) is 25.2. The molecule has 45 heavy (non-hydrogen) atoms. The largest absolute Gasteiger partial charge is 0.479 e. The van der Waals surface area contributed by atoms with Gasteiger partial charge in [-0.1, -0.05) is 109 Å². The summed E-state index contributed by atoms with van der Waals surface area (Å²) in [5.41, 5.74) is 6.28. The van der Waals surface area contributed by atoms with Crippen molar-refractivity contribution in [1.29, 1.82) is 0 Å². The van der Waals surface area contributed by atoms with Crippen LogP contribution in [0.4, 0.5) is 0 Å². The summed E-state index contributed by atoms with van der Waals surface area (Å²) in [5.74, 6) is -3.34. The fraction of sp³-hybridized carbons (Fsp3) is 0.229. The zero-order chi connectivity index (χ0) is 32.6. The van der Waals surface area contributed by atoms with E-state index in [0.29, 0.717) is 15.4 Å². The third-order valence-corrected chi connectivity index (χ3v) is 9.73. The molecule has 1 amide bonds. The number of Topliss-reactive ketones (excluding diaryl/α,β-unsaturated/α-hetero) is 1. The predicted molar refractivity (Wildman–Crippen MR) is 172 cm³/mol. The van der Waals surface area contributed by atoms with Gasteiger partial charge in [0.1, 0.15) is 0 Å². The lowest BCUT2D eigenvalue weighted by Crippen LogP contribution is -2.67. The highest BCUT2D eigenvalue weighted by Crippen LogP contribution is 2.31. The summed E-state index contributed by atoms with van der Waals surface area (Å²) in [7, 11) is -3.43. The van der Waals surface area contributed by atoms with Crippen molar-refractivity contribution in [2.45, 2.75) is 48.7 Å². The van der Waals surface area contributed by atoms with E-state index >= 15 is 0 Å². The molecular weight excluding hydrogens is 590 g/mol. The predicted octanol–water partition coefficient (Wildman–Crippen LogP) is 3.55. The number of likely N-dealkylation sites (N-methyl/N-ethyl adjacent to an activating group) is 1. The monoisotopic (exact) mass is 627 g/mol. The Morgan fingerprint density at radius 2 is 1.24 bits per heavy atom. The number of carbonyl (C=O) groups is 3. The van der Waals surface area contributed by atoms with Crippen LogP contribution in [0, 0.1) is 6.92 Å². The first-order valence-electron chi connectivity index (χ1n) is 14.5. The number of carboxylic acids is 1. The Hall–Kier alpha value is -4.64. The van der Waals surface area contributed by atoms with E-state index in [-0.39, 0.29) is 17.7 Å². The summed E-state index contributed by atoms with van der Waals surface area (Å²) in [6.45, 7) is 1.79. The number of benzene rings is 4. The number of ketones is 1. The summed E-state index contributed by atoms with van der Waals surface area (Å²) < 4.78 is 28.6. The molecule has 0 bridgehead atoms. The number of nitrogens with two attached hydrogens (primary N) is 1. The van der Waals surface area contributed by atoms with E-state index < -0.39 is 51.7 Å². The van der Waals surface area contributed by atoms with E-state index in [0.717, 1.165) is 18.2 Å². The van der Waals surface area contributed by atoms with E-state index in [9.17, 15) is 27.9 Å². The van der Waals surface area contributed by atoms with Gasteiger partial charge in [-0.3, -0.25) is 9.59 Å². The van der Waals surface area contributed by atoms with Gasteiger partial charge in [0.2, 0.25) is 15.9 Å². The second-order valence-electron chi connectivity index (χ2n) is 11.0. The maximum atomic E-state index is 14.8. The molecule has 0 fully saturated rings. The van der Waals surface area contributed by atoms with Gasteiger partial charge >= 0.3 is 5.97 Å². The average molecular weight is 628 g/mol. The summed E-state index contributed by atoms with van der Waals surface area (Å²) in [6, 6.07) is 29.6. The molecule has 4 rings (SSSR count). The number of hydrogen-bond acceptors (Lipinski definition) is 6. The third-order valence-electron chi connectivity index (χ3n) is 7.83. The number of amides is 1. The van der Waals surface area contributed by atoms with Gasteiger partial charge < -0.3 is 16.2 Å². The maximum Gasteiger partial charge on any atom is 0.333 e. The number of sulfonamides is 1. The van der Waals surface area contributed by atoms with Gasteiger partial charge in [-0.25, -0.2) is 13.2 Å².